The number of nitrogens with zero attached hydrogens (tertiary/aromatic N) is 2. The Balaban J connectivity index is 0.00000144. The highest BCUT2D eigenvalue weighted by atomic mass is 35.5. The van der Waals surface area contributed by atoms with Gasteiger partial charge in [0.15, 0.2) is 0 Å². The monoisotopic (exact) mass is 373 g/mol. The fourth-order valence-electron chi connectivity index (χ4n) is 3.73. The van der Waals surface area contributed by atoms with Crippen LogP contribution in [0.25, 0.3) is 0 Å². The van der Waals surface area contributed by atoms with Crippen LogP contribution >= 0.6 is 24.8 Å². The molecule has 0 radical (unpaired) electrons. The number of piperidine rings is 2. The summed E-state index contributed by atoms with van der Waals surface area (Å²) in [6, 6.07) is 9.83. The highest BCUT2D eigenvalue weighted by Gasteiger charge is 2.29. The molecule has 4 nitrogen and oxygen atoms in total. The molecule has 1 amide bonds. The van der Waals surface area contributed by atoms with E-state index in [9.17, 15) is 4.79 Å². The topological polar surface area (TPSA) is 49.6 Å². The van der Waals surface area contributed by atoms with Crippen molar-refractivity contribution in [2.75, 3.05) is 26.2 Å². The van der Waals surface area contributed by atoms with E-state index in [4.69, 9.17) is 5.73 Å². The maximum Gasteiger partial charge on any atom is 0.244 e. The molecule has 1 aromatic carbocycles. The van der Waals surface area contributed by atoms with Gasteiger partial charge in [0.05, 0.1) is 0 Å². The van der Waals surface area contributed by atoms with Crippen LogP contribution in [0, 0.1) is 0 Å². The second kappa shape index (κ2) is 10.2. The molecule has 2 saturated heterocycles. The summed E-state index contributed by atoms with van der Waals surface area (Å²) in [6.07, 6.45) is 6.22. The molecule has 2 aliphatic heterocycles. The lowest BCUT2D eigenvalue weighted by atomic mass is 9.98. The number of carbonyl (C=O) groups excluding carboxylic acids is 1. The van der Waals surface area contributed by atoms with Gasteiger partial charge in [0.25, 0.3) is 0 Å². The Morgan fingerprint density at radius 1 is 0.958 bits per heavy atom. The summed E-state index contributed by atoms with van der Waals surface area (Å²) < 4.78 is 0. The van der Waals surface area contributed by atoms with Gasteiger partial charge in [0.2, 0.25) is 5.91 Å². The summed E-state index contributed by atoms with van der Waals surface area (Å²) in [5, 5.41) is 0. The maximum absolute atomic E-state index is 12.6. The van der Waals surface area contributed by atoms with Crippen molar-refractivity contribution in [2.45, 2.75) is 44.2 Å². The molecule has 2 N–H and O–H groups in total. The Bertz CT molecular complexity index is 486. The largest absolute Gasteiger partial charge is 0.341 e. The van der Waals surface area contributed by atoms with Gasteiger partial charge in [0.1, 0.15) is 6.04 Å². The van der Waals surface area contributed by atoms with Gasteiger partial charge in [-0.25, -0.2) is 0 Å². The number of benzene rings is 1. The molecule has 1 atom stereocenters. The average molecular weight is 374 g/mol. The number of hydrogen-bond donors (Lipinski definition) is 1. The van der Waals surface area contributed by atoms with Crippen LogP contribution in [-0.4, -0.2) is 47.9 Å². The number of rotatable bonds is 3. The maximum atomic E-state index is 12.6. The molecule has 0 bridgehead atoms. The Kier molecular flexibility index (Phi) is 9.06. The van der Waals surface area contributed by atoms with Gasteiger partial charge in [-0.3, -0.25) is 4.79 Å². The number of halogens is 2. The van der Waals surface area contributed by atoms with E-state index in [1.165, 1.54) is 32.4 Å². The zero-order chi connectivity index (χ0) is 15.4. The Hall–Kier alpha value is -0.810. The Morgan fingerprint density at radius 3 is 2.12 bits per heavy atom. The minimum absolute atomic E-state index is 0. The lowest BCUT2D eigenvalue weighted by molar-refractivity contribution is -0.134. The third-order valence-corrected chi connectivity index (χ3v) is 5.11. The summed E-state index contributed by atoms with van der Waals surface area (Å²) in [5.41, 5.74) is 7.05. The van der Waals surface area contributed by atoms with Gasteiger partial charge in [-0.05, 0) is 44.3 Å². The standard InChI is InChI=1S/C18H27N3O.2ClH/c19-17(15-7-3-1-4-8-15)18(22)21-13-9-16(10-14-21)20-11-5-2-6-12-20;;/h1,3-4,7-8,16-17H,2,5-6,9-14,19H2;2*1H. The van der Waals surface area contributed by atoms with Crippen molar-refractivity contribution in [3.05, 3.63) is 35.9 Å². The van der Waals surface area contributed by atoms with Crippen LogP contribution < -0.4 is 5.73 Å². The molecule has 1 unspecified atom stereocenters. The molecule has 0 aliphatic carbocycles. The minimum atomic E-state index is -0.521. The Morgan fingerprint density at radius 2 is 1.54 bits per heavy atom. The number of likely N-dealkylation sites (tertiary alicyclic amines) is 2. The molecule has 3 rings (SSSR count). The first kappa shape index (κ1) is 21.2. The van der Waals surface area contributed by atoms with Crippen molar-refractivity contribution in [2.24, 2.45) is 5.73 Å². The van der Waals surface area contributed by atoms with Crippen molar-refractivity contribution >= 4 is 30.7 Å². The van der Waals surface area contributed by atoms with Gasteiger partial charge in [-0.2, -0.15) is 0 Å². The first-order valence-electron chi connectivity index (χ1n) is 8.59. The molecule has 0 spiro atoms. The zero-order valence-corrected chi connectivity index (χ0v) is 15.7. The molecule has 0 aromatic heterocycles. The highest BCUT2D eigenvalue weighted by molar-refractivity contribution is 5.85. The molecule has 6 heteroatoms. The summed E-state index contributed by atoms with van der Waals surface area (Å²) in [5.74, 6) is 0.0725. The summed E-state index contributed by atoms with van der Waals surface area (Å²) in [4.78, 5) is 17.2. The second-order valence-corrected chi connectivity index (χ2v) is 6.54. The van der Waals surface area contributed by atoms with E-state index in [1.54, 1.807) is 0 Å². The van der Waals surface area contributed by atoms with Crippen LogP contribution in [0.4, 0.5) is 0 Å². The predicted molar refractivity (Wildman–Crippen MR) is 103 cm³/mol. The molecule has 2 heterocycles. The number of nitrogens with two attached hydrogens (primary N) is 1. The van der Waals surface area contributed by atoms with E-state index in [-0.39, 0.29) is 30.7 Å². The molecule has 2 fully saturated rings. The van der Waals surface area contributed by atoms with Crippen LogP contribution in [-0.2, 0) is 4.79 Å². The van der Waals surface area contributed by atoms with Gasteiger partial charge in [0, 0.05) is 19.1 Å². The first-order chi connectivity index (χ1) is 10.8. The quantitative estimate of drug-likeness (QED) is 0.885. The second-order valence-electron chi connectivity index (χ2n) is 6.54. The SMILES string of the molecule is Cl.Cl.NC(C(=O)N1CCC(N2CCCCC2)CC1)c1ccccc1. The van der Waals surface area contributed by atoms with Crippen LogP contribution in [0.3, 0.4) is 0 Å². The average Bonchev–Trinajstić information content (AvgIpc) is 2.62. The number of amides is 1. The van der Waals surface area contributed by atoms with Crippen LogP contribution in [0.5, 0.6) is 0 Å². The van der Waals surface area contributed by atoms with Crippen molar-refractivity contribution < 1.29 is 4.79 Å². The highest BCUT2D eigenvalue weighted by Crippen LogP contribution is 2.22. The minimum Gasteiger partial charge on any atom is -0.341 e. The fraction of sp³-hybridized carbons (Fsp3) is 0.611. The van der Waals surface area contributed by atoms with Crippen LogP contribution in [0.2, 0.25) is 0 Å². The van der Waals surface area contributed by atoms with Crippen molar-refractivity contribution in [1.29, 1.82) is 0 Å². The van der Waals surface area contributed by atoms with E-state index >= 15 is 0 Å². The van der Waals surface area contributed by atoms with Crippen LogP contribution in [0.15, 0.2) is 30.3 Å². The normalized spacial score (nSPS) is 20.6. The lowest BCUT2D eigenvalue weighted by Crippen LogP contribution is -2.49. The third-order valence-electron chi connectivity index (χ3n) is 5.11. The molecule has 136 valence electrons. The molecular weight excluding hydrogens is 345 g/mol. The van der Waals surface area contributed by atoms with Gasteiger partial charge in [-0.15, -0.1) is 24.8 Å². The Labute approximate surface area is 157 Å². The van der Waals surface area contributed by atoms with E-state index in [0.29, 0.717) is 6.04 Å². The first-order valence-corrected chi connectivity index (χ1v) is 8.59. The summed E-state index contributed by atoms with van der Waals surface area (Å²) in [7, 11) is 0. The molecule has 2 aliphatic rings. The van der Waals surface area contributed by atoms with E-state index in [2.05, 4.69) is 4.90 Å². The lowest BCUT2D eigenvalue weighted by Gasteiger charge is -2.40. The van der Waals surface area contributed by atoms with E-state index in [1.807, 2.05) is 35.2 Å². The molecule has 1 aromatic rings. The molecule has 0 saturated carbocycles. The van der Waals surface area contributed by atoms with Gasteiger partial charge < -0.3 is 15.5 Å². The van der Waals surface area contributed by atoms with Crippen molar-refractivity contribution in [1.82, 2.24) is 9.80 Å². The van der Waals surface area contributed by atoms with E-state index in [0.717, 1.165) is 31.5 Å². The van der Waals surface area contributed by atoms with Gasteiger partial charge >= 0.3 is 0 Å². The fourth-order valence-corrected chi connectivity index (χ4v) is 3.73. The third kappa shape index (κ3) is 5.09. The smallest absolute Gasteiger partial charge is 0.244 e. The van der Waals surface area contributed by atoms with Gasteiger partial charge in [-0.1, -0.05) is 36.8 Å². The molecule has 24 heavy (non-hydrogen) atoms. The summed E-state index contributed by atoms with van der Waals surface area (Å²) in [6.45, 7) is 4.17. The summed E-state index contributed by atoms with van der Waals surface area (Å²) >= 11 is 0. The predicted octanol–water partition coefficient (Wildman–Crippen LogP) is 3.01. The van der Waals surface area contributed by atoms with E-state index < -0.39 is 6.04 Å². The molecular formula is C18H29Cl2N3O. The van der Waals surface area contributed by atoms with Crippen molar-refractivity contribution in [3.8, 4) is 0 Å². The number of hydrogen-bond acceptors (Lipinski definition) is 3. The van der Waals surface area contributed by atoms with Crippen molar-refractivity contribution in [3.63, 3.8) is 0 Å². The van der Waals surface area contributed by atoms with Crippen LogP contribution in [0.1, 0.15) is 43.7 Å². The number of carbonyl (C=O) groups is 1. The zero-order valence-electron chi connectivity index (χ0n) is 14.1.